The van der Waals surface area contributed by atoms with Crippen LogP contribution < -0.4 is 11.5 Å². The monoisotopic (exact) mass is 420 g/mol. The Balaban J connectivity index is 4.68. The van der Waals surface area contributed by atoms with E-state index in [0.717, 1.165) is 21.6 Å². The lowest BCUT2D eigenvalue weighted by Gasteiger charge is -2.19. The van der Waals surface area contributed by atoms with Gasteiger partial charge in [-0.2, -0.15) is 0 Å². The molecular formula is C10H16N2O8S4. The molecule has 0 bridgehead atoms. The van der Waals surface area contributed by atoms with Crippen LogP contribution in [0.1, 0.15) is 0 Å². The Bertz CT molecular complexity index is 438. The van der Waals surface area contributed by atoms with Crippen LogP contribution in [0.2, 0.25) is 0 Å². The molecule has 8 N–H and O–H groups in total. The largest absolute Gasteiger partial charge is 0.480 e. The summed E-state index contributed by atoms with van der Waals surface area (Å²) < 4.78 is 0. The summed E-state index contributed by atoms with van der Waals surface area (Å²) in [6.07, 6.45) is 0. The highest BCUT2D eigenvalue weighted by atomic mass is 33.1. The van der Waals surface area contributed by atoms with Gasteiger partial charge in [-0.3, -0.25) is 19.2 Å². The highest BCUT2D eigenvalue weighted by molar-refractivity contribution is 8.79. The van der Waals surface area contributed by atoms with Gasteiger partial charge in [-0.1, -0.05) is 43.2 Å². The van der Waals surface area contributed by atoms with Gasteiger partial charge >= 0.3 is 23.9 Å². The van der Waals surface area contributed by atoms with Crippen molar-refractivity contribution in [3.05, 3.63) is 0 Å². The summed E-state index contributed by atoms with van der Waals surface area (Å²) in [7, 11) is 3.06. The van der Waals surface area contributed by atoms with Crippen molar-refractivity contribution < 1.29 is 39.6 Å². The number of hydrogen-bond donors (Lipinski definition) is 6. The van der Waals surface area contributed by atoms with Gasteiger partial charge in [0.2, 0.25) is 0 Å². The standard InChI is InChI=1S/C10H16N2O8S4/c11-3(7(13)14)1-21-23-5(9(17)18)6(10(19)20)24-22-2-4(12)8(15)16/h3-6H,1-2,11-12H2,(H,13,14)(H,15,16)(H,17,18)(H,19,20)/t3-,4-,5-,6+/m0/s1. The second-order valence-corrected chi connectivity index (χ2v) is 9.28. The number of aliphatic carboxylic acids is 4. The van der Waals surface area contributed by atoms with Crippen LogP contribution in [-0.4, -0.2) is 78.4 Å². The molecule has 10 nitrogen and oxygen atoms in total. The zero-order valence-corrected chi connectivity index (χ0v) is 15.2. The van der Waals surface area contributed by atoms with Gasteiger partial charge in [-0.15, -0.1) is 0 Å². The van der Waals surface area contributed by atoms with E-state index in [2.05, 4.69) is 0 Å². The molecule has 24 heavy (non-hydrogen) atoms. The Labute approximate surface area is 152 Å². The van der Waals surface area contributed by atoms with E-state index < -0.39 is 46.5 Å². The molecular weight excluding hydrogens is 404 g/mol. The highest BCUT2D eigenvalue weighted by Crippen LogP contribution is 2.38. The van der Waals surface area contributed by atoms with Gasteiger partial charge in [0.05, 0.1) is 0 Å². The zero-order chi connectivity index (χ0) is 18.9. The summed E-state index contributed by atoms with van der Waals surface area (Å²) in [5.41, 5.74) is 10.6. The zero-order valence-electron chi connectivity index (χ0n) is 11.9. The third-order valence-corrected chi connectivity index (χ3v) is 7.91. The molecule has 0 amide bonds. The minimum atomic E-state index is -1.39. The van der Waals surface area contributed by atoms with Crippen molar-refractivity contribution >= 4 is 67.1 Å². The van der Waals surface area contributed by atoms with Crippen LogP contribution in [0.25, 0.3) is 0 Å². The maximum atomic E-state index is 11.3. The van der Waals surface area contributed by atoms with Crippen molar-refractivity contribution in [1.82, 2.24) is 0 Å². The van der Waals surface area contributed by atoms with Crippen molar-refractivity contribution in [3.63, 3.8) is 0 Å². The molecule has 0 saturated carbocycles. The van der Waals surface area contributed by atoms with E-state index in [0.29, 0.717) is 21.6 Å². The highest BCUT2D eigenvalue weighted by Gasteiger charge is 2.36. The van der Waals surface area contributed by atoms with E-state index in [1.807, 2.05) is 0 Å². The second kappa shape index (κ2) is 11.7. The molecule has 14 heteroatoms. The number of hydrogen-bond acceptors (Lipinski definition) is 10. The molecule has 0 aliphatic rings. The molecule has 0 rings (SSSR count). The van der Waals surface area contributed by atoms with Crippen LogP contribution in [0.4, 0.5) is 0 Å². The summed E-state index contributed by atoms with van der Waals surface area (Å²) in [6.45, 7) is 0. The summed E-state index contributed by atoms with van der Waals surface area (Å²) in [5, 5.41) is 32.9. The second-order valence-electron chi connectivity index (χ2n) is 4.17. The summed E-state index contributed by atoms with van der Waals surface area (Å²) in [6, 6.07) is -2.40. The van der Waals surface area contributed by atoms with E-state index in [9.17, 15) is 29.4 Å². The number of nitrogens with two attached hydrogens (primary N) is 2. The predicted octanol–water partition coefficient (Wildman–Crippen LogP) is -0.521. The molecule has 0 aromatic heterocycles. The first-order valence-corrected chi connectivity index (χ1v) is 10.8. The maximum absolute atomic E-state index is 11.3. The fourth-order valence-electron chi connectivity index (χ4n) is 0.957. The first-order chi connectivity index (χ1) is 11.1. The number of carboxylic acids is 4. The summed E-state index contributed by atoms with van der Waals surface area (Å²) >= 11 is 0. The van der Waals surface area contributed by atoms with Gasteiger partial charge in [-0.25, -0.2) is 0 Å². The normalized spacial score (nSPS) is 15.9. The topological polar surface area (TPSA) is 201 Å². The number of carboxylic acid groups (broad SMARTS) is 4. The molecule has 0 aromatic rings. The lowest BCUT2D eigenvalue weighted by Crippen LogP contribution is -2.36. The van der Waals surface area contributed by atoms with Crippen LogP contribution in [-0.2, 0) is 19.2 Å². The number of rotatable bonds is 13. The molecule has 0 unspecified atom stereocenters. The minimum absolute atomic E-state index is 0.0994. The van der Waals surface area contributed by atoms with Gasteiger partial charge in [0.25, 0.3) is 0 Å². The van der Waals surface area contributed by atoms with Crippen molar-refractivity contribution in [2.75, 3.05) is 11.5 Å². The van der Waals surface area contributed by atoms with Gasteiger partial charge in [-0.05, 0) is 0 Å². The van der Waals surface area contributed by atoms with Crippen LogP contribution >= 0.6 is 43.2 Å². The number of carbonyl (C=O) groups is 4. The molecule has 4 atom stereocenters. The van der Waals surface area contributed by atoms with Gasteiger partial charge in [0.1, 0.15) is 22.6 Å². The molecule has 0 heterocycles. The Morgan fingerprint density at radius 3 is 1.17 bits per heavy atom. The Hall–Kier alpha value is -0.800. The Kier molecular flexibility index (Phi) is 11.3. The van der Waals surface area contributed by atoms with Crippen molar-refractivity contribution in [2.45, 2.75) is 22.6 Å². The third kappa shape index (κ3) is 8.89. The van der Waals surface area contributed by atoms with E-state index in [1.54, 1.807) is 0 Å². The van der Waals surface area contributed by atoms with E-state index in [1.165, 1.54) is 0 Å². The smallest absolute Gasteiger partial charge is 0.321 e. The molecule has 0 aromatic carbocycles. The first kappa shape index (κ1) is 23.2. The fraction of sp³-hybridized carbons (Fsp3) is 0.600. The van der Waals surface area contributed by atoms with Crippen LogP contribution in [0, 0.1) is 0 Å². The van der Waals surface area contributed by atoms with Crippen molar-refractivity contribution in [1.29, 1.82) is 0 Å². The third-order valence-electron chi connectivity index (χ3n) is 2.23. The van der Waals surface area contributed by atoms with Crippen LogP contribution in [0.15, 0.2) is 0 Å². The predicted molar refractivity (Wildman–Crippen MR) is 94.2 cm³/mol. The quantitative estimate of drug-likeness (QED) is 0.208. The van der Waals surface area contributed by atoms with Crippen molar-refractivity contribution in [3.8, 4) is 0 Å². The van der Waals surface area contributed by atoms with E-state index in [4.69, 9.17) is 21.7 Å². The van der Waals surface area contributed by atoms with E-state index in [-0.39, 0.29) is 11.5 Å². The maximum Gasteiger partial charge on any atom is 0.321 e. The summed E-state index contributed by atoms with van der Waals surface area (Å²) in [5.74, 6) is -5.48. The van der Waals surface area contributed by atoms with Gasteiger partial charge in [0, 0.05) is 11.5 Å². The lowest BCUT2D eigenvalue weighted by atomic mass is 10.3. The SMILES string of the molecule is N[C@@H](CSS[C@H](C(=O)O)[C@@H](SSC[C@H](N)C(=O)O)C(=O)O)C(=O)O. The Morgan fingerprint density at radius 1 is 0.667 bits per heavy atom. The van der Waals surface area contributed by atoms with Crippen LogP contribution in [0.3, 0.4) is 0 Å². The molecule has 138 valence electrons. The Morgan fingerprint density at radius 2 is 0.958 bits per heavy atom. The van der Waals surface area contributed by atoms with E-state index >= 15 is 0 Å². The molecule has 0 aliphatic heterocycles. The van der Waals surface area contributed by atoms with Crippen molar-refractivity contribution in [2.24, 2.45) is 11.5 Å². The lowest BCUT2D eigenvalue weighted by molar-refractivity contribution is -0.142. The molecule has 0 saturated heterocycles. The minimum Gasteiger partial charge on any atom is -0.480 e. The molecule has 0 aliphatic carbocycles. The van der Waals surface area contributed by atoms with Gasteiger partial charge in [0.15, 0.2) is 0 Å². The average molecular weight is 421 g/mol. The molecule has 0 spiro atoms. The first-order valence-electron chi connectivity index (χ1n) is 6.06. The summed E-state index contributed by atoms with van der Waals surface area (Å²) in [4.78, 5) is 43.7. The molecule has 0 fully saturated rings. The van der Waals surface area contributed by atoms with Crippen LogP contribution in [0.5, 0.6) is 0 Å². The molecule has 0 radical (unpaired) electrons. The average Bonchev–Trinajstić information content (AvgIpc) is 2.47. The fourth-order valence-corrected chi connectivity index (χ4v) is 6.73. The van der Waals surface area contributed by atoms with Gasteiger partial charge < -0.3 is 31.9 Å².